The van der Waals surface area contributed by atoms with Gasteiger partial charge in [-0.15, -0.1) is 0 Å². The number of Topliss-reactive ketones (excluding diaryl/α,β-unsaturated/α-hetero) is 1. The zero-order valence-electron chi connectivity index (χ0n) is 13.9. The molecule has 0 heterocycles. The van der Waals surface area contributed by atoms with E-state index in [1.807, 2.05) is 6.07 Å². The number of hydrogen-bond donors (Lipinski definition) is 0. The second kappa shape index (κ2) is 5.24. The summed E-state index contributed by atoms with van der Waals surface area (Å²) in [5.41, 5.74) is 7.47. The molecule has 0 spiro atoms. The first-order chi connectivity index (χ1) is 10.4. The van der Waals surface area contributed by atoms with E-state index < -0.39 is 0 Å². The number of fused-ring (bicyclic) bond motifs is 1. The van der Waals surface area contributed by atoms with Gasteiger partial charge in [-0.25, -0.2) is 0 Å². The zero-order valence-corrected chi connectivity index (χ0v) is 13.9. The average molecular weight is 290 g/mol. The second-order valence-corrected chi connectivity index (χ2v) is 6.39. The minimum absolute atomic E-state index is 0.142. The van der Waals surface area contributed by atoms with Crippen molar-refractivity contribution >= 4 is 16.6 Å². The summed E-state index contributed by atoms with van der Waals surface area (Å²) in [5, 5.41) is 2.33. The van der Waals surface area contributed by atoms with E-state index in [0.29, 0.717) is 0 Å². The van der Waals surface area contributed by atoms with E-state index in [2.05, 4.69) is 58.0 Å². The number of hydrogen-bond acceptors (Lipinski definition) is 1. The van der Waals surface area contributed by atoms with E-state index in [4.69, 9.17) is 0 Å². The van der Waals surface area contributed by atoms with Crippen molar-refractivity contribution in [2.24, 2.45) is 0 Å². The third kappa shape index (κ3) is 2.12. The van der Waals surface area contributed by atoms with E-state index in [-0.39, 0.29) is 11.7 Å². The molecule has 0 fully saturated rings. The molecule has 2 aromatic rings. The van der Waals surface area contributed by atoms with E-state index in [9.17, 15) is 4.79 Å². The molecule has 0 atom stereocenters. The van der Waals surface area contributed by atoms with Crippen molar-refractivity contribution in [2.45, 2.75) is 40.5 Å². The summed E-state index contributed by atoms with van der Waals surface area (Å²) in [6.07, 6.45) is 0. The Morgan fingerprint density at radius 1 is 0.864 bits per heavy atom. The van der Waals surface area contributed by atoms with Crippen molar-refractivity contribution in [1.82, 2.24) is 0 Å². The smallest absolute Gasteiger partial charge is 0.160 e. The first kappa shape index (κ1) is 14.8. The predicted octanol–water partition coefficient (Wildman–Crippen LogP) is 5.81. The highest BCUT2D eigenvalue weighted by atomic mass is 16.1. The number of carbonyl (C=O) groups excluding carboxylic acids is 1. The van der Waals surface area contributed by atoms with Gasteiger partial charge in [-0.3, -0.25) is 4.79 Å². The fourth-order valence-electron chi connectivity index (χ4n) is 3.62. The van der Waals surface area contributed by atoms with Gasteiger partial charge in [0.05, 0.1) is 0 Å². The molecule has 0 amide bonds. The third-order valence-corrected chi connectivity index (χ3v) is 5.22. The molecule has 22 heavy (non-hydrogen) atoms. The summed E-state index contributed by atoms with van der Waals surface area (Å²) in [5.74, 6) is 0.382. The third-order valence-electron chi connectivity index (χ3n) is 5.22. The van der Waals surface area contributed by atoms with Gasteiger partial charge >= 0.3 is 0 Å². The monoisotopic (exact) mass is 290 g/mol. The van der Waals surface area contributed by atoms with Gasteiger partial charge < -0.3 is 0 Å². The first-order valence-electron chi connectivity index (χ1n) is 7.80. The molecule has 0 radical (unpaired) electrons. The van der Waals surface area contributed by atoms with E-state index in [1.54, 1.807) is 6.92 Å². The lowest BCUT2D eigenvalue weighted by Crippen LogP contribution is -2.07. The van der Waals surface area contributed by atoms with Gasteiger partial charge in [0.15, 0.2) is 5.78 Å². The molecule has 112 valence electrons. The van der Waals surface area contributed by atoms with Crippen LogP contribution < -0.4 is 0 Å². The van der Waals surface area contributed by atoms with Crippen LogP contribution in [0.4, 0.5) is 0 Å². The molecule has 0 bridgehead atoms. The Labute approximate surface area is 132 Å². The summed E-state index contributed by atoms with van der Waals surface area (Å²) in [6, 6.07) is 12.5. The van der Waals surface area contributed by atoms with Crippen molar-refractivity contribution in [3.63, 3.8) is 0 Å². The summed E-state index contributed by atoms with van der Waals surface area (Å²) in [4.78, 5) is 12.2. The Hall–Kier alpha value is -2.15. The van der Waals surface area contributed by atoms with Gasteiger partial charge in [0.2, 0.25) is 0 Å². The predicted molar refractivity (Wildman–Crippen MR) is 93.4 cm³/mol. The maximum atomic E-state index is 12.2. The van der Waals surface area contributed by atoms with E-state index in [1.165, 1.54) is 27.7 Å². The van der Waals surface area contributed by atoms with Crippen LogP contribution in [0.15, 0.2) is 58.7 Å². The molecular formula is C21H22O. The lowest BCUT2D eigenvalue weighted by Gasteiger charge is -2.20. The Kier molecular flexibility index (Phi) is 3.52. The van der Waals surface area contributed by atoms with Crippen LogP contribution in [0.2, 0.25) is 0 Å². The maximum absolute atomic E-state index is 12.2. The molecule has 1 heteroatoms. The molecule has 2 aromatic carbocycles. The molecule has 0 saturated carbocycles. The lowest BCUT2D eigenvalue weighted by atomic mass is 9.83. The Bertz CT molecular complexity index is 825. The van der Waals surface area contributed by atoms with Crippen LogP contribution in [-0.2, 0) is 0 Å². The number of carbonyl (C=O) groups is 1. The summed E-state index contributed by atoms with van der Waals surface area (Å²) in [7, 11) is 0. The van der Waals surface area contributed by atoms with Gasteiger partial charge in [0.1, 0.15) is 0 Å². The maximum Gasteiger partial charge on any atom is 0.160 e. The molecule has 0 unspecified atom stereocenters. The Balaban J connectivity index is 2.31. The first-order valence-corrected chi connectivity index (χ1v) is 7.80. The Morgan fingerprint density at radius 2 is 1.36 bits per heavy atom. The molecule has 0 saturated heterocycles. The highest BCUT2D eigenvalue weighted by Crippen LogP contribution is 2.44. The van der Waals surface area contributed by atoms with Gasteiger partial charge in [-0.1, -0.05) is 35.4 Å². The average Bonchev–Trinajstić information content (AvgIpc) is 2.69. The normalized spacial score (nSPS) is 16.0. The van der Waals surface area contributed by atoms with Crippen LogP contribution in [-0.4, -0.2) is 5.78 Å². The topological polar surface area (TPSA) is 17.1 Å². The molecule has 1 aliphatic carbocycles. The summed E-state index contributed by atoms with van der Waals surface area (Å²) < 4.78 is 0. The summed E-state index contributed by atoms with van der Waals surface area (Å²) in [6.45, 7) is 10.4. The number of benzene rings is 2. The van der Waals surface area contributed by atoms with Gasteiger partial charge in [0.25, 0.3) is 0 Å². The van der Waals surface area contributed by atoms with Crippen LogP contribution in [0.1, 0.15) is 56.5 Å². The van der Waals surface area contributed by atoms with Crippen LogP contribution in [0.3, 0.4) is 0 Å². The molecule has 0 N–H and O–H groups in total. The number of allylic oxidation sites excluding steroid dienone is 4. The Morgan fingerprint density at radius 3 is 1.86 bits per heavy atom. The van der Waals surface area contributed by atoms with E-state index in [0.717, 1.165) is 16.5 Å². The van der Waals surface area contributed by atoms with Crippen LogP contribution in [0.25, 0.3) is 10.8 Å². The molecule has 0 aliphatic heterocycles. The largest absolute Gasteiger partial charge is 0.295 e. The summed E-state index contributed by atoms with van der Waals surface area (Å²) >= 11 is 0. The standard InChI is InChI=1S/C21H22O/c1-12-13(2)15(4)21(14(12)3)20-11-18-9-7-6-8-17(18)10-19(20)16(5)22/h6-11,21H,1-5H3. The van der Waals surface area contributed by atoms with Gasteiger partial charge in [0, 0.05) is 11.5 Å². The highest BCUT2D eigenvalue weighted by Gasteiger charge is 2.28. The zero-order chi connectivity index (χ0) is 16.0. The fraction of sp³-hybridized carbons (Fsp3) is 0.286. The van der Waals surface area contributed by atoms with Crippen molar-refractivity contribution in [3.05, 3.63) is 69.8 Å². The lowest BCUT2D eigenvalue weighted by molar-refractivity contribution is 0.101. The SMILES string of the molecule is CC(=O)c1cc2ccccc2cc1C1C(C)=C(C)C(C)=C1C. The van der Waals surface area contributed by atoms with Gasteiger partial charge in [-0.05, 0) is 74.2 Å². The number of ketones is 1. The van der Waals surface area contributed by atoms with Crippen LogP contribution >= 0.6 is 0 Å². The van der Waals surface area contributed by atoms with Crippen molar-refractivity contribution in [3.8, 4) is 0 Å². The fourth-order valence-corrected chi connectivity index (χ4v) is 3.62. The minimum atomic E-state index is 0.142. The number of rotatable bonds is 2. The highest BCUT2D eigenvalue weighted by molar-refractivity contribution is 6.00. The minimum Gasteiger partial charge on any atom is -0.295 e. The van der Waals surface area contributed by atoms with Gasteiger partial charge in [-0.2, -0.15) is 0 Å². The molecule has 3 rings (SSSR count). The van der Waals surface area contributed by atoms with Crippen molar-refractivity contribution < 1.29 is 4.79 Å². The second-order valence-electron chi connectivity index (χ2n) is 6.39. The molecule has 0 aromatic heterocycles. The van der Waals surface area contributed by atoms with Crippen molar-refractivity contribution in [2.75, 3.05) is 0 Å². The molecule has 1 nitrogen and oxygen atoms in total. The van der Waals surface area contributed by atoms with Crippen LogP contribution in [0, 0.1) is 0 Å². The van der Waals surface area contributed by atoms with Crippen molar-refractivity contribution in [1.29, 1.82) is 0 Å². The quantitative estimate of drug-likeness (QED) is 0.638. The molecular weight excluding hydrogens is 268 g/mol. The van der Waals surface area contributed by atoms with E-state index >= 15 is 0 Å². The van der Waals surface area contributed by atoms with Crippen LogP contribution in [0.5, 0.6) is 0 Å². The molecule has 1 aliphatic rings.